The standard InChI is InChI=1S/C25H25NO4/c1-4-25(2,3)30-23(27)22-14-9-15-26(22)24(28)29-16-21-19-12-7-5-10-17(19)18-11-6-8-13-20(18)21/h1,5-8,10-13,21-22H,9,14-16H2,2-3H3/t22-/m0/s1. The van der Waals surface area contributed by atoms with Crippen molar-refractivity contribution in [2.45, 2.75) is 44.2 Å². The minimum atomic E-state index is -1.01. The number of terminal acetylenes is 1. The summed E-state index contributed by atoms with van der Waals surface area (Å²) in [6.45, 7) is 3.99. The first kappa shape index (κ1) is 20.0. The summed E-state index contributed by atoms with van der Waals surface area (Å²) in [6.07, 6.45) is 6.19. The number of hydrogen-bond donors (Lipinski definition) is 0. The van der Waals surface area contributed by atoms with Crippen molar-refractivity contribution in [3.8, 4) is 23.5 Å². The highest BCUT2D eigenvalue weighted by Gasteiger charge is 2.39. The third kappa shape index (κ3) is 3.66. The molecule has 0 aromatic heterocycles. The van der Waals surface area contributed by atoms with Crippen LogP contribution in [0.4, 0.5) is 4.79 Å². The summed E-state index contributed by atoms with van der Waals surface area (Å²) in [5, 5.41) is 0. The molecule has 5 nitrogen and oxygen atoms in total. The van der Waals surface area contributed by atoms with Gasteiger partial charge in [0.15, 0.2) is 5.60 Å². The number of likely N-dealkylation sites (tertiary alicyclic amines) is 1. The normalized spacial score (nSPS) is 17.8. The first-order valence-electron chi connectivity index (χ1n) is 10.2. The summed E-state index contributed by atoms with van der Waals surface area (Å²) >= 11 is 0. The van der Waals surface area contributed by atoms with Crippen molar-refractivity contribution in [3.05, 3.63) is 59.7 Å². The first-order valence-corrected chi connectivity index (χ1v) is 10.2. The molecule has 0 spiro atoms. The minimum absolute atomic E-state index is 0.0188. The zero-order valence-electron chi connectivity index (χ0n) is 17.3. The van der Waals surface area contributed by atoms with Gasteiger partial charge in [-0.1, -0.05) is 54.5 Å². The Kier molecular flexibility index (Phi) is 5.26. The van der Waals surface area contributed by atoms with Crippen molar-refractivity contribution >= 4 is 12.1 Å². The van der Waals surface area contributed by atoms with E-state index in [4.69, 9.17) is 15.9 Å². The molecule has 1 aliphatic carbocycles. The molecule has 5 heteroatoms. The van der Waals surface area contributed by atoms with Crippen molar-refractivity contribution in [1.82, 2.24) is 4.90 Å². The molecule has 1 aliphatic heterocycles. The Bertz CT molecular complexity index is 974. The van der Waals surface area contributed by atoms with E-state index in [1.165, 1.54) is 16.0 Å². The lowest BCUT2D eigenvalue weighted by Crippen LogP contribution is -2.44. The van der Waals surface area contributed by atoms with Crippen LogP contribution in [0.5, 0.6) is 0 Å². The summed E-state index contributed by atoms with van der Waals surface area (Å²) in [5.74, 6) is 1.94. The Morgan fingerprint density at radius 2 is 1.70 bits per heavy atom. The van der Waals surface area contributed by atoms with Crippen molar-refractivity contribution in [2.75, 3.05) is 13.2 Å². The van der Waals surface area contributed by atoms with Crippen LogP contribution < -0.4 is 0 Å². The van der Waals surface area contributed by atoms with Crippen molar-refractivity contribution in [3.63, 3.8) is 0 Å². The van der Waals surface area contributed by atoms with Crippen LogP contribution in [0.15, 0.2) is 48.5 Å². The van der Waals surface area contributed by atoms with Gasteiger partial charge in [0.2, 0.25) is 0 Å². The van der Waals surface area contributed by atoms with Gasteiger partial charge < -0.3 is 9.47 Å². The number of carbonyl (C=O) groups excluding carboxylic acids is 2. The lowest BCUT2D eigenvalue weighted by Gasteiger charge is -2.27. The fourth-order valence-corrected chi connectivity index (χ4v) is 4.26. The third-order valence-electron chi connectivity index (χ3n) is 5.80. The number of benzene rings is 2. The number of fused-ring (bicyclic) bond motifs is 3. The summed E-state index contributed by atoms with van der Waals surface area (Å²) in [4.78, 5) is 26.8. The number of esters is 1. The number of nitrogens with zero attached hydrogens (tertiary/aromatic N) is 1. The number of ether oxygens (including phenoxy) is 2. The zero-order chi connectivity index (χ0) is 21.3. The highest BCUT2D eigenvalue weighted by Crippen LogP contribution is 2.44. The smallest absolute Gasteiger partial charge is 0.410 e. The van der Waals surface area contributed by atoms with Crippen LogP contribution in [0.2, 0.25) is 0 Å². The Balaban J connectivity index is 1.46. The largest absolute Gasteiger partial charge is 0.448 e. The molecule has 1 amide bonds. The molecule has 2 aromatic carbocycles. The number of hydrogen-bond acceptors (Lipinski definition) is 4. The van der Waals surface area contributed by atoms with E-state index in [0.717, 1.165) is 17.5 Å². The average Bonchev–Trinajstić information content (AvgIpc) is 3.35. The van der Waals surface area contributed by atoms with Crippen molar-refractivity contribution in [1.29, 1.82) is 0 Å². The van der Waals surface area contributed by atoms with E-state index >= 15 is 0 Å². The zero-order valence-corrected chi connectivity index (χ0v) is 17.3. The maximum absolute atomic E-state index is 12.8. The molecule has 0 radical (unpaired) electrons. The molecule has 154 valence electrons. The summed E-state index contributed by atoms with van der Waals surface area (Å²) in [7, 11) is 0. The van der Waals surface area contributed by atoms with Gasteiger partial charge in [0.05, 0.1) is 0 Å². The molecular formula is C25H25NO4. The van der Waals surface area contributed by atoms with E-state index in [0.29, 0.717) is 13.0 Å². The van der Waals surface area contributed by atoms with Crippen LogP contribution in [0, 0.1) is 12.3 Å². The fraction of sp³-hybridized carbons (Fsp3) is 0.360. The SMILES string of the molecule is C#CC(C)(C)OC(=O)[C@@H]1CCCN1C(=O)OCC1c2ccccc2-c2ccccc21. The predicted octanol–water partition coefficient (Wildman–Crippen LogP) is 4.35. The molecule has 0 bridgehead atoms. The average molecular weight is 403 g/mol. The monoisotopic (exact) mass is 403 g/mol. The van der Waals surface area contributed by atoms with Crippen LogP contribution in [-0.4, -0.2) is 41.8 Å². The molecule has 1 heterocycles. The maximum Gasteiger partial charge on any atom is 0.410 e. The highest BCUT2D eigenvalue weighted by atomic mass is 16.6. The molecule has 0 saturated carbocycles. The second-order valence-corrected chi connectivity index (χ2v) is 8.23. The van der Waals surface area contributed by atoms with E-state index in [1.54, 1.807) is 13.8 Å². The molecule has 2 aliphatic rings. The lowest BCUT2D eigenvalue weighted by atomic mass is 9.98. The lowest BCUT2D eigenvalue weighted by molar-refractivity contribution is -0.156. The van der Waals surface area contributed by atoms with E-state index in [9.17, 15) is 9.59 Å². The molecule has 2 aromatic rings. The van der Waals surface area contributed by atoms with Gasteiger partial charge in [-0.3, -0.25) is 4.90 Å². The maximum atomic E-state index is 12.8. The summed E-state index contributed by atoms with van der Waals surface area (Å²) in [6, 6.07) is 15.7. The van der Waals surface area contributed by atoms with Crippen LogP contribution in [0.1, 0.15) is 43.7 Å². The fourth-order valence-electron chi connectivity index (χ4n) is 4.26. The van der Waals surface area contributed by atoms with Gasteiger partial charge in [-0.05, 0) is 48.9 Å². The van der Waals surface area contributed by atoms with Crippen LogP contribution in [-0.2, 0) is 14.3 Å². The van der Waals surface area contributed by atoms with Gasteiger partial charge in [0.25, 0.3) is 0 Å². The Labute approximate surface area is 177 Å². The van der Waals surface area contributed by atoms with Gasteiger partial charge >= 0.3 is 12.1 Å². The molecule has 1 fully saturated rings. The quantitative estimate of drug-likeness (QED) is 0.562. The highest BCUT2D eigenvalue weighted by molar-refractivity contribution is 5.83. The Morgan fingerprint density at radius 3 is 2.30 bits per heavy atom. The number of amides is 1. The predicted molar refractivity (Wildman–Crippen MR) is 114 cm³/mol. The van der Waals surface area contributed by atoms with E-state index < -0.39 is 23.7 Å². The van der Waals surface area contributed by atoms with Crippen LogP contribution in [0.25, 0.3) is 11.1 Å². The topological polar surface area (TPSA) is 55.8 Å². The van der Waals surface area contributed by atoms with Crippen molar-refractivity contribution < 1.29 is 19.1 Å². The first-order chi connectivity index (χ1) is 14.4. The Morgan fingerprint density at radius 1 is 1.10 bits per heavy atom. The third-order valence-corrected chi connectivity index (χ3v) is 5.80. The molecule has 1 saturated heterocycles. The van der Waals surface area contributed by atoms with Gasteiger partial charge in [-0.2, -0.15) is 0 Å². The molecule has 30 heavy (non-hydrogen) atoms. The second-order valence-electron chi connectivity index (χ2n) is 8.23. The van der Waals surface area contributed by atoms with Gasteiger partial charge in [0, 0.05) is 12.5 Å². The van der Waals surface area contributed by atoms with Crippen molar-refractivity contribution in [2.24, 2.45) is 0 Å². The molecule has 0 N–H and O–H groups in total. The van der Waals surface area contributed by atoms with E-state index in [2.05, 4.69) is 30.2 Å². The molecule has 1 atom stereocenters. The Hall–Kier alpha value is -3.26. The van der Waals surface area contributed by atoms with E-state index in [-0.39, 0.29) is 12.5 Å². The second kappa shape index (κ2) is 7.87. The van der Waals surface area contributed by atoms with Gasteiger partial charge in [-0.25, -0.2) is 9.59 Å². The molecular weight excluding hydrogens is 378 g/mol. The van der Waals surface area contributed by atoms with Crippen LogP contribution in [0.3, 0.4) is 0 Å². The summed E-state index contributed by atoms with van der Waals surface area (Å²) < 4.78 is 11.1. The van der Waals surface area contributed by atoms with Crippen LogP contribution >= 0.6 is 0 Å². The summed E-state index contributed by atoms with van der Waals surface area (Å²) in [5.41, 5.74) is 3.65. The minimum Gasteiger partial charge on any atom is -0.448 e. The van der Waals surface area contributed by atoms with Gasteiger partial charge in [0.1, 0.15) is 12.6 Å². The van der Waals surface area contributed by atoms with Gasteiger partial charge in [-0.15, -0.1) is 6.42 Å². The molecule has 4 rings (SSSR count). The number of rotatable bonds is 4. The van der Waals surface area contributed by atoms with E-state index in [1.807, 2.05) is 24.3 Å². The molecule has 0 unspecified atom stereocenters. The number of carbonyl (C=O) groups is 2.